The molecule has 2 nitrogen and oxygen atoms in total. The van der Waals surface area contributed by atoms with Gasteiger partial charge in [-0.15, -0.1) is 0 Å². The molecule has 1 heterocycles. The smallest absolute Gasteiger partial charge is 0.124 e. The number of nitrogens with zero attached hydrogens (tertiary/aromatic N) is 1. The van der Waals surface area contributed by atoms with Gasteiger partial charge in [0.2, 0.25) is 0 Å². The van der Waals surface area contributed by atoms with E-state index in [4.69, 9.17) is 0 Å². The van der Waals surface area contributed by atoms with E-state index in [2.05, 4.69) is 40.1 Å². The molecule has 19 heavy (non-hydrogen) atoms. The molecule has 2 atom stereocenters. The van der Waals surface area contributed by atoms with Crippen LogP contribution in [0.4, 0.5) is 4.39 Å². The van der Waals surface area contributed by atoms with Gasteiger partial charge in [0.1, 0.15) is 5.82 Å². The van der Waals surface area contributed by atoms with Crippen LogP contribution in [0.3, 0.4) is 0 Å². The van der Waals surface area contributed by atoms with Crippen LogP contribution in [0.15, 0.2) is 47.2 Å². The van der Waals surface area contributed by atoms with Crippen LogP contribution in [0.25, 0.3) is 0 Å². The van der Waals surface area contributed by atoms with Gasteiger partial charge >= 0.3 is 0 Å². The van der Waals surface area contributed by atoms with E-state index >= 15 is 0 Å². The summed E-state index contributed by atoms with van der Waals surface area (Å²) in [7, 11) is 0. The average molecular weight is 323 g/mol. The highest BCUT2D eigenvalue weighted by Crippen LogP contribution is 2.26. The fourth-order valence-electron chi connectivity index (χ4n) is 2.05. The topological polar surface area (TPSA) is 24.9 Å². The normalized spacial score (nSPS) is 14.1. The van der Waals surface area contributed by atoms with Crippen molar-refractivity contribution in [1.29, 1.82) is 0 Å². The Morgan fingerprint density at radius 2 is 2.00 bits per heavy atom. The number of pyridine rings is 1. The van der Waals surface area contributed by atoms with Crippen molar-refractivity contribution >= 4 is 15.9 Å². The van der Waals surface area contributed by atoms with E-state index in [0.717, 1.165) is 15.6 Å². The summed E-state index contributed by atoms with van der Waals surface area (Å²) in [4.78, 5) is 4.12. The van der Waals surface area contributed by atoms with Crippen molar-refractivity contribution in [3.63, 3.8) is 0 Å². The van der Waals surface area contributed by atoms with E-state index in [-0.39, 0.29) is 17.9 Å². The third kappa shape index (κ3) is 3.61. The first-order valence-electron chi connectivity index (χ1n) is 6.19. The molecule has 100 valence electrons. The van der Waals surface area contributed by atoms with E-state index in [1.807, 2.05) is 18.3 Å². The minimum absolute atomic E-state index is 0.116. The van der Waals surface area contributed by atoms with Crippen LogP contribution in [0.5, 0.6) is 0 Å². The van der Waals surface area contributed by atoms with Gasteiger partial charge in [-0.3, -0.25) is 4.98 Å². The van der Waals surface area contributed by atoms with Gasteiger partial charge in [-0.2, -0.15) is 0 Å². The highest BCUT2D eigenvalue weighted by molar-refractivity contribution is 9.10. The minimum Gasteiger partial charge on any atom is -0.304 e. The van der Waals surface area contributed by atoms with Crippen molar-refractivity contribution in [1.82, 2.24) is 10.3 Å². The van der Waals surface area contributed by atoms with Crippen molar-refractivity contribution in [2.75, 3.05) is 0 Å². The molecule has 1 unspecified atom stereocenters. The molecule has 0 saturated heterocycles. The maximum atomic E-state index is 13.1. The van der Waals surface area contributed by atoms with Crippen LogP contribution in [0.2, 0.25) is 0 Å². The Kier molecular flexibility index (Phi) is 4.66. The highest BCUT2D eigenvalue weighted by Gasteiger charge is 2.13. The Labute approximate surface area is 121 Å². The molecular weight excluding hydrogens is 307 g/mol. The van der Waals surface area contributed by atoms with Gasteiger partial charge in [0.15, 0.2) is 0 Å². The molecule has 4 heteroatoms. The van der Waals surface area contributed by atoms with Crippen LogP contribution in [0, 0.1) is 5.82 Å². The van der Waals surface area contributed by atoms with Crippen molar-refractivity contribution in [2.45, 2.75) is 25.9 Å². The lowest BCUT2D eigenvalue weighted by Crippen LogP contribution is -2.22. The third-order valence-corrected chi connectivity index (χ3v) is 3.80. The molecular formula is C15H16BrFN2. The molecule has 1 aromatic carbocycles. The number of benzene rings is 1. The predicted molar refractivity (Wildman–Crippen MR) is 78.3 cm³/mol. The van der Waals surface area contributed by atoms with Crippen molar-refractivity contribution in [3.8, 4) is 0 Å². The Morgan fingerprint density at radius 1 is 1.21 bits per heavy atom. The maximum Gasteiger partial charge on any atom is 0.124 e. The van der Waals surface area contributed by atoms with E-state index in [1.165, 1.54) is 12.1 Å². The summed E-state index contributed by atoms with van der Waals surface area (Å²) in [6.45, 7) is 4.15. The van der Waals surface area contributed by atoms with Gasteiger partial charge in [-0.05, 0) is 43.2 Å². The second-order valence-corrected chi connectivity index (χ2v) is 5.42. The zero-order chi connectivity index (χ0) is 13.8. The van der Waals surface area contributed by atoms with Crippen LogP contribution in [-0.4, -0.2) is 4.98 Å². The number of halogens is 2. The molecule has 0 bridgehead atoms. The molecule has 2 rings (SSSR count). The van der Waals surface area contributed by atoms with E-state index in [1.54, 1.807) is 12.3 Å². The van der Waals surface area contributed by atoms with E-state index in [0.29, 0.717) is 0 Å². The molecule has 0 aliphatic heterocycles. The lowest BCUT2D eigenvalue weighted by Gasteiger charge is -2.21. The van der Waals surface area contributed by atoms with E-state index in [9.17, 15) is 4.39 Å². The van der Waals surface area contributed by atoms with Crippen molar-refractivity contribution < 1.29 is 4.39 Å². The lowest BCUT2D eigenvalue weighted by molar-refractivity contribution is 0.491. The molecule has 1 N–H and O–H groups in total. The first kappa shape index (κ1) is 14.2. The zero-order valence-corrected chi connectivity index (χ0v) is 12.5. The summed E-state index contributed by atoms with van der Waals surface area (Å²) in [6.07, 6.45) is 3.61. The van der Waals surface area contributed by atoms with Crippen LogP contribution >= 0.6 is 15.9 Å². The summed E-state index contributed by atoms with van der Waals surface area (Å²) >= 11 is 3.40. The first-order valence-corrected chi connectivity index (χ1v) is 6.98. The molecule has 0 aliphatic carbocycles. The number of hydrogen-bond acceptors (Lipinski definition) is 2. The van der Waals surface area contributed by atoms with Crippen LogP contribution in [-0.2, 0) is 0 Å². The molecule has 1 aromatic heterocycles. The van der Waals surface area contributed by atoms with Gasteiger partial charge in [0.25, 0.3) is 0 Å². The summed E-state index contributed by atoms with van der Waals surface area (Å²) in [5.41, 5.74) is 2.17. The number of nitrogens with one attached hydrogen (secondary N) is 1. The van der Waals surface area contributed by atoms with Crippen molar-refractivity contribution in [3.05, 3.63) is 64.1 Å². The molecule has 0 spiro atoms. The minimum atomic E-state index is -0.233. The largest absolute Gasteiger partial charge is 0.304 e. The Hall–Kier alpha value is -1.26. The molecule has 0 radical (unpaired) electrons. The third-order valence-electron chi connectivity index (χ3n) is 3.11. The highest BCUT2D eigenvalue weighted by atomic mass is 79.9. The number of hydrogen-bond donors (Lipinski definition) is 1. The van der Waals surface area contributed by atoms with Gasteiger partial charge in [0.05, 0.1) is 0 Å². The molecule has 0 amide bonds. The summed E-state index contributed by atoms with van der Waals surface area (Å²) < 4.78 is 13.9. The second kappa shape index (κ2) is 6.26. The van der Waals surface area contributed by atoms with Crippen molar-refractivity contribution in [2.24, 2.45) is 0 Å². The van der Waals surface area contributed by atoms with E-state index < -0.39 is 0 Å². The van der Waals surface area contributed by atoms with Gasteiger partial charge in [-0.1, -0.05) is 28.1 Å². The standard InChI is InChI=1S/C15H16BrFN2/c1-10(12-4-3-7-18-9-12)19-11(2)14-6-5-13(17)8-15(14)16/h3-11,19H,1-2H3/t10-,11?/m0/s1. The lowest BCUT2D eigenvalue weighted by atomic mass is 10.1. The Bertz CT molecular complexity index is 545. The van der Waals surface area contributed by atoms with Crippen LogP contribution < -0.4 is 5.32 Å². The number of aromatic nitrogens is 1. The Balaban J connectivity index is 2.10. The predicted octanol–water partition coefficient (Wildman–Crippen LogP) is 4.40. The quantitative estimate of drug-likeness (QED) is 0.902. The first-order chi connectivity index (χ1) is 9.08. The maximum absolute atomic E-state index is 13.1. The van der Waals surface area contributed by atoms with Gasteiger partial charge in [0, 0.05) is 29.0 Å². The molecule has 0 aliphatic rings. The summed E-state index contributed by atoms with van der Waals surface area (Å²) in [5, 5.41) is 3.48. The second-order valence-electron chi connectivity index (χ2n) is 4.56. The molecule has 2 aromatic rings. The fraction of sp³-hybridized carbons (Fsp3) is 0.267. The van der Waals surface area contributed by atoms with Gasteiger partial charge < -0.3 is 5.32 Å². The fourth-order valence-corrected chi connectivity index (χ4v) is 2.74. The molecule has 0 saturated carbocycles. The zero-order valence-electron chi connectivity index (χ0n) is 10.9. The van der Waals surface area contributed by atoms with Gasteiger partial charge in [-0.25, -0.2) is 4.39 Å². The Morgan fingerprint density at radius 3 is 2.63 bits per heavy atom. The monoisotopic (exact) mass is 322 g/mol. The SMILES string of the molecule is CC(N[C@@H](C)c1cccnc1)c1ccc(F)cc1Br. The van der Waals surface area contributed by atoms with Crippen LogP contribution in [0.1, 0.15) is 37.1 Å². The number of rotatable bonds is 4. The summed E-state index contributed by atoms with van der Waals surface area (Å²) in [5.74, 6) is -0.233. The molecule has 0 fully saturated rings. The average Bonchev–Trinajstić information content (AvgIpc) is 2.39. The summed E-state index contributed by atoms with van der Waals surface area (Å²) in [6, 6.07) is 9.02.